The molecule has 2 amide bonds. The third kappa shape index (κ3) is 4.65. The quantitative estimate of drug-likeness (QED) is 0.416. The number of fused-ring (bicyclic) bond motifs is 1. The van der Waals surface area contributed by atoms with E-state index in [0.29, 0.717) is 55.9 Å². The molecular formula is C26H29ClN2O3S. The first-order valence-corrected chi connectivity index (χ1v) is 12.7. The Bertz CT molecular complexity index is 1140. The molecule has 1 unspecified atom stereocenters. The van der Waals surface area contributed by atoms with Crippen LogP contribution < -0.4 is 0 Å². The largest absolute Gasteiger partial charge is 0.396 e. The van der Waals surface area contributed by atoms with E-state index in [4.69, 9.17) is 11.6 Å². The Morgan fingerprint density at radius 1 is 1.18 bits per heavy atom. The number of likely N-dealkylation sites (tertiary alicyclic amines) is 1. The minimum atomic E-state index is -0.835. The maximum Gasteiger partial charge on any atom is 0.256 e. The highest BCUT2D eigenvalue weighted by Crippen LogP contribution is 2.39. The molecule has 0 aliphatic carbocycles. The van der Waals surface area contributed by atoms with Gasteiger partial charge in [-0.3, -0.25) is 9.59 Å². The number of aliphatic hydroxyl groups is 1. The van der Waals surface area contributed by atoms with Crippen molar-refractivity contribution in [3.05, 3.63) is 70.1 Å². The van der Waals surface area contributed by atoms with Crippen LogP contribution in [0.15, 0.2) is 53.9 Å². The van der Waals surface area contributed by atoms with Gasteiger partial charge in [0.05, 0.1) is 5.56 Å². The Morgan fingerprint density at radius 3 is 2.70 bits per heavy atom. The topological polar surface area (TPSA) is 60.9 Å². The molecule has 3 aromatic rings. The van der Waals surface area contributed by atoms with Gasteiger partial charge in [-0.25, -0.2) is 0 Å². The molecule has 174 valence electrons. The first kappa shape index (κ1) is 23.7. The van der Waals surface area contributed by atoms with Crippen LogP contribution in [0.2, 0.25) is 5.02 Å². The number of nitrogens with zero attached hydrogens (tertiary/aromatic N) is 2. The minimum Gasteiger partial charge on any atom is -0.396 e. The van der Waals surface area contributed by atoms with Gasteiger partial charge < -0.3 is 14.9 Å². The molecule has 1 saturated heterocycles. The first-order valence-electron chi connectivity index (χ1n) is 11.4. The summed E-state index contributed by atoms with van der Waals surface area (Å²) in [6.45, 7) is 3.60. The maximum absolute atomic E-state index is 13.9. The zero-order valence-electron chi connectivity index (χ0n) is 18.8. The van der Waals surface area contributed by atoms with Crippen molar-refractivity contribution >= 4 is 44.8 Å². The molecule has 1 fully saturated rings. The van der Waals surface area contributed by atoms with Crippen molar-refractivity contribution in [3.8, 4) is 0 Å². The fraction of sp³-hybridized carbons (Fsp3) is 0.385. The third-order valence-corrected chi connectivity index (χ3v) is 7.79. The lowest BCUT2D eigenvalue weighted by Gasteiger charge is -2.52. The average Bonchev–Trinajstić information content (AvgIpc) is 3.23. The van der Waals surface area contributed by atoms with E-state index in [1.54, 1.807) is 16.2 Å². The number of unbranched alkanes of at least 4 members (excludes halogenated alkanes) is 1. The summed E-state index contributed by atoms with van der Waals surface area (Å²) in [7, 11) is 0. The van der Waals surface area contributed by atoms with Crippen LogP contribution in [0, 0.1) is 0 Å². The summed E-state index contributed by atoms with van der Waals surface area (Å²) in [5.41, 5.74) is 0.785. The molecule has 1 atom stereocenters. The van der Waals surface area contributed by atoms with Crippen LogP contribution in [0.4, 0.5) is 0 Å². The van der Waals surface area contributed by atoms with Gasteiger partial charge in [-0.05, 0) is 49.4 Å². The molecule has 7 heteroatoms. The second-order valence-electron chi connectivity index (χ2n) is 8.52. The van der Waals surface area contributed by atoms with Crippen LogP contribution in [0.5, 0.6) is 0 Å². The molecule has 1 aromatic heterocycles. The number of benzene rings is 2. The number of aliphatic hydroxyl groups excluding tert-OH is 1. The van der Waals surface area contributed by atoms with Crippen molar-refractivity contribution in [1.82, 2.24) is 9.80 Å². The lowest BCUT2D eigenvalue weighted by Crippen LogP contribution is -2.69. The summed E-state index contributed by atoms with van der Waals surface area (Å²) in [4.78, 5) is 31.1. The van der Waals surface area contributed by atoms with Gasteiger partial charge >= 0.3 is 0 Å². The van der Waals surface area contributed by atoms with E-state index in [2.05, 4.69) is 0 Å². The van der Waals surface area contributed by atoms with Crippen molar-refractivity contribution in [2.75, 3.05) is 19.7 Å². The Balaban J connectivity index is 1.60. The van der Waals surface area contributed by atoms with Gasteiger partial charge in [0.2, 0.25) is 5.91 Å². The maximum atomic E-state index is 13.9. The second kappa shape index (κ2) is 10.2. The molecule has 1 aliphatic heterocycles. The van der Waals surface area contributed by atoms with Gasteiger partial charge in [0.15, 0.2) is 0 Å². The molecule has 5 nitrogen and oxygen atoms in total. The smallest absolute Gasteiger partial charge is 0.256 e. The van der Waals surface area contributed by atoms with Gasteiger partial charge in [-0.1, -0.05) is 48.9 Å². The summed E-state index contributed by atoms with van der Waals surface area (Å²) < 4.78 is 1.07. The number of amides is 2. The minimum absolute atomic E-state index is 0.0259. The average molecular weight is 485 g/mol. The van der Waals surface area contributed by atoms with E-state index in [1.165, 1.54) is 0 Å². The molecule has 1 aliphatic rings. The fourth-order valence-electron chi connectivity index (χ4n) is 4.64. The van der Waals surface area contributed by atoms with Gasteiger partial charge in [0, 0.05) is 46.7 Å². The summed E-state index contributed by atoms with van der Waals surface area (Å²) >= 11 is 7.73. The number of hydrogen-bond donors (Lipinski definition) is 1. The van der Waals surface area contributed by atoms with Crippen molar-refractivity contribution in [2.45, 2.75) is 44.7 Å². The normalized spacial score (nSPS) is 17.7. The van der Waals surface area contributed by atoms with E-state index < -0.39 is 5.54 Å². The molecule has 4 rings (SSSR count). The van der Waals surface area contributed by atoms with Crippen molar-refractivity contribution in [3.63, 3.8) is 0 Å². The third-order valence-electron chi connectivity index (χ3n) is 6.59. The van der Waals surface area contributed by atoms with Crippen LogP contribution in [-0.4, -0.2) is 52.0 Å². The van der Waals surface area contributed by atoms with E-state index in [9.17, 15) is 14.7 Å². The summed E-state index contributed by atoms with van der Waals surface area (Å²) in [5.74, 6) is -0.103. The highest BCUT2D eigenvalue weighted by atomic mass is 35.5. The summed E-state index contributed by atoms with van der Waals surface area (Å²) in [6.07, 6.45) is 2.54. The Labute approximate surface area is 203 Å². The van der Waals surface area contributed by atoms with Crippen molar-refractivity contribution in [2.24, 2.45) is 0 Å². The van der Waals surface area contributed by atoms with E-state index >= 15 is 0 Å². The molecule has 1 N–H and O–H groups in total. The predicted molar refractivity (Wildman–Crippen MR) is 134 cm³/mol. The van der Waals surface area contributed by atoms with Gasteiger partial charge in [0.25, 0.3) is 5.91 Å². The van der Waals surface area contributed by atoms with Gasteiger partial charge in [-0.15, -0.1) is 11.3 Å². The SMILES string of the molecule is CCC1(C(=O)N(CCCCO)Cc2cccc(Cl)c2)CCN1C(=O)c1csc2ccccc12. The highest BCUT2D eigenvalue weighted by molar-refractivity contribution is 7.17. The molecule has 33 heavy (non-hydrogen) atoms. The molecule has 2 aromatic carbocycles. The van der Waals surface area contributed by atoms with Crippen LogP contribution in [0.1, 0.15) is 48.5 Å². The van der Waals surface area contributed by atoms with Crippen LogP contribution in [0.3, 0.4) is 0 Å². The molecule has 0 spiro atoms. The number of thiophene rings is 1. The number of rotatable bonds is 9. The Hall–Kier alpha value is -2.41. The number of hydrogen-bond acceptors (Lipinski definition) is 4. The van der Waals surface area contributed by atoms with Gasteiger partial charge in [0.1, 0.15) is 5.54 Å². The van der Waals surface area contributed by atoms with Crippen molar-refractivity contribution < 1.29 is 14.7 Å². The Kier molecular flexibility index (Phi) is 7.37. The summed E-state index contributed by atoms with van der Waals surface area (Å²) in [6, 6.07) is 15.4. The lowest BCUT2D eigenvalue weighted by atomic mass is 9.79. The Morgan fingerprint density at radius 2 is 2.00 bits per heavy atom. The van der Waals surface area contributed by atoms with Gasteiger partial charge in [-0.2, -0.15) is 0 Å². The molecule has 0 saturated carbocycles. The number of carbonyl (C=O) groups is 2. The van der Waals surface area contributed by atoms with Crippen LogP contribution in [0.25, 0.3) is 10.1 Å². The first-order chi connectivity index (χ1) is 16.0. The molecule has 0 radical (unpaired) electrons. The molecule has 2 heterocycles. The molecular weight excluding hydrogens is 456 g/mol. The van der Waals surface area contributed by atoms with Crippen molar-refractivity contribution in [1.29, 1.82) is 0 Å². The molecule has 0 bridgehead atoms. The lowest BCUT2D eigenvalue weighted by molar-refractivity contribution is -0.152. The van der Waals surface area contributed by atoms with Crippen LogP contribution in [-0.2, 0) is 11.3 Å². The second-order valence-corrected chi connectivity index (χ2v) is 9.87. The standard InChI is InChI=1S/C26H29ClN2O3S/c1-2-26(12-14-29(26)24(31)22-18-33-23-11-4-3-10-21(22)23)25(32)28(13-5-6-15-30)17-19-8-7-9-20(27)16-19/h3-4,7-11,16,18,30H,2,5-6,12-15,17H2,1H3. The van der Waals surface area contributed by atoms with E-state index in [-0.39, 0.29) is 18.4 Å². The predicted octanol–water partition coefficient (Wildman–Crippen LogP) is 5.35. The van der Waals surface area contributed by atoms with E-state index in [0.717, 1.165) is 15.6 Å². The fourth-order valence-corrected chi connectivity index (χ4v) is 5.78. The number of halogens is 1. The highest BCUT2D eigenvalue weighted by Gasteiger charge is 2.53. The zero-order valence-corrected chi connectivity index (χ0v) is 20.4. The van der Waals surface area contributed by atoms with Crippen LogP contribution >= 0.6 is 22.9 Å². The van der Waals surface area contributed by atoms with E-state index in [1.807, 2.05) is 65.7 Å². The zero-order chi connectivity index (χ0) is 23.4. The monoisotopic (exact) mass is 484 g/mol. The summed E-state index contributed by atoms with van der Waals surface area (Å²) in [5, 5.41) is 12.7. The number of carbonyl (C=O) groups excluding carboxylic acids is 2.